The first kappa shape index (κ1) is 13.9. The molecule has 0 atom stereocenters. The van der Waals surface area contributed by atoms with Crippen molar-refractivity contribution in [2.75, 3.05) is 12.4 Å². The average Bonchev–Trinajstić information content (AvgIpc) is 2.41. The summed E-state index contributed by atoms with van der Waals surface area (Å²) in [7, 11) is 1.65. The Labute approximate surface area is 115 Å². The molecule has 19 heavy (non-hydrogen) atoms. The molecule has 1 aromatic carbocycles. The van der Waals surface area contributed by atoms with Crippen LogP contribution in [-0.4, -0.2) is 13.0 Å². The van der Waals surface area contributed by atoms with Crippen molar-refractivity contribution in [1.82, 2.24) is 0 Å². The second-order valence-electron chi connectivity index (χ2n) is 5.76. The molecule has 0 saturated heterocycles. The maximum Gasteiger partial charge on any atom is 0.230 e. The molecule has 1 amide bonds. The van der Waals surface area contributed by atoms with Crippen LogP contribution < -0.4 is 10.1 Å². The molecule has 1 saturated carbocycles. The van der Waals surface area contributed by atoms with Gasteiger partial charge in [0.15, 0.2) is 0 Å². The summed E-state index contributed by atoms with van der Waals surface area (Å²) >= 11 is 0. The van der Waals surface area contributed by atoms with Gasteiger partial charge in [0.2, 0.25) is 5.91 Å². The second kappa shape index (κ2) is 5.64. The Morgan fingerprint density at radius 2 is 1.95 bits per heavy atom. The number of hydrogen-bond acceptors (Lipinski definition) is 2. The molecule has 0 bridgehead atoms. The summed E-state index contributed by atoms with van der Waals surface area (Å²) < 4.78 is 5.18. The van der Waals surface area contributed by atoms with Gasteiger partial charge in [0.1, 0.15) is 5.75 Å². The van der Waals surface area contributed by atoms with Crippen molar-refractivity contribution in [1.29, 1.82) is 0 Å². The molecule has 104 valence electrons. The quantitative estimate of drug-likeness (QED) is 0.895. The number of carbonyl (C=O) groups is 1. The van der Waals surface area contributed by atoms with E-state index in [1.54, 1.807) is 7.11 Å². The van der Waals surface area contributed by atoms with Gasteiger partial charge in [-0.2, -0.15) is 0 Å². The Morgan fingerprint density at radius 3 is 2.53 bits per heavy atom. The number of aryl methyl sites for hydroxylation is 1. The maximum atomic E-state index is 12.5. The van der Waals surface area contributed by atoms with E-state index in [-0.39, 0.29) is 11.3 Å². The van der Waals surface area contributed by atoms with E-state index in [0.29, 0.717) is 0 Å². The van der Waals surface area contributed by atoms with E-state index in [0.717, 1.165) is 42.7 Å². The third-order valence-electron chi connectivity index (χ3n) is 4.19. The minimum atomic E-state index is -0.204. The van der Waals surface area contributed by atoms with Crippen LogP contribution in [0.5, 0.6) is 5.75 Å². The number of benzene rings is 1. The molecule has 1 aliphatic rings. The van der Waals surface area contributed by atoms with Crippen LogP contribution in [-0.2, 0) is 4.79 Å². The number of rotatable bonds is 3. The van der Waals surface area contributed by atoms with Crippen molar-refractivity contribution in [2.45, 2.75) is 46.0 Å². The highest BCUT2D eigenvalue weighted by Crippen LogP contribution is 2.37. The number of hydrogen-bond donors (Lipinski definition) is 1. The van der Waals surface area contributed by atoms with Gasteiger partial charge in [0.05, 0.1) is 7.11 Å². The van der Waals surface area contributed by atoms with E-state index >= 15 is 0 Å². The van der Waals surface area contributed by atoms with Gasteiger partial charge >= 0.3 is 0 Å². The van der Waals surface area contributed by atoms with E-state index < -0.39 is 0 Å². The van der Waals surface area contributed by atoms with Crippen LogP contribution in [0.3, 0.4) is 0 Å². The predicted octanol–water partition coefficient (Wildman–Crippen LogP) is 3.91. The molecule has 1 aliphatic carbocycles. The standard InChI is InChI=1S/C16H23NO2/c1-12-11-13(19-3)7-8-14(12)17-15(18)16(2)9-5-4-6-10-16/h7-8,11H,4-6,9-10H2,1-3H3,(H,17,18). The summed E-state index contributed by atoms with van der Waals surface area (Å²) in [6, 6.07) is 5.74. The highest BCUT2D eigenvalue weighted by molar-refractivity contribution is 5.95. The fourth-order valence-corrected chi connectivity index (χ4v) is 2.74. The van der Waals surface area contributed by atoms with Gasteiger partial charge < -0.3 is 10.1 Å². The van der Waals surface area contributed by atoms with Crippen molar-refractivity contribution in [3.8, 4) is 5.75 Å². The number of nitrogens with one attached hydrogen (secondary N) is 1. The molecule has 0 radical (unpaired) electrons. The first-order valence-corrected chi connectivity index (χ1v) is 7.01. The summed E-state index contributed by atoms with van der Waals surface area (Å²) in [5, 5.41) is 3.08. The SMILES string of the molecule is COc1ccc(NC(=O)C2(C)CCCCC2)c(C)c1. The lowest BCUT2D eigenvalue weighted by Gasteiger charge is -2.32. The van der Waals surface area contributed by atoms with Crippen LogP contribution >= 0.6 is 0 Å². The van der Waals surface area contributed by atoms with Crippen LogP contribution in [0, 0.1) is 12.3 Å². The van der Waals surface area contributed by atoms with Gasteiger partial charge in [-0.1, -0.05) is 26.2 Å². The maximum absolute atomic E-state index is 12.5. The highest BCUT2D eigenvalue weighted by atomic mass is 16.5. The fraction of sp³-hybridized carbons (Fsp3) is 0.562. The molecule has 1 N–H and O–H groups in total. The van der Waals surface area contributed by atoms with Crippen molar-refractivity contribution in [3.05, 3.63) is 23.8 Å². The topological polar surface area (TPSA) is 38.3 Å². The minimum Gasteiger partial charge on any atom is -0.497 e. The smallest absolute Gasteiger partial charge is 0.230 e. The van der Waals surface area contributed by atoms with Gasteiger partial charge in [-0.25, -0.2) is 0 Å². The minimum absolute atomic E-state index is 0.153. The Bertz CT molecular complexity index is 462. The van der Waals surface area contributed by atoms with Crippen molar-refractivity contribution >= 4 is 11.6 Å². The van der Waals surface area contributed by atoms with Crippen molar-refractivity contribution in [2.24, 2.45) is 5.41 Å². The normalized spacial score (nSPS) is 17.8. The molecule has 0 heterocycles. The predicted molar refractivity (Wildman–Crippen MR) is 77.6 cm³/mol. The van der Waals surface area contributed by atoms with Crippen LogP contribution in [0.2, 0.25) is 0 Å². The Balaban J connectivity index is 2.10. The summed E-state index contributed by atoms with van der Waals surface area (Å²) in [6.07, 6.45) is 5.56. The molecule has 1 aromatic rings. The monoisotopic (exact) mass is 261 g/mol. The van der Waals surface area contributed by atoms with Gasteiger partial charge in [-0.15, -0.1) is 0 Å². The molecule has 0 aliphatic heterocycles. The van der Waals surface area contributed by atoms with Crippen LogP contribution in [0.15, 0.2) is 18.2 Å². The number of ether oxygens (including phenoxy) is 1. The zero-order chi connectivity index (χ0) is 13.9. The zero-order valence-electron chi connectivity index (χ0n) is 12.1. The molecule has 3 nitrogen and oxygen atoms in total. The summed E-state index contributed by atoms with van der Waals surface area (Å²) in [4.78, 5) is 12.5. The molecular formula is C16H23NO2. The molecule has 2 rings (SSSR count). The van der Waals surface area contributed by atoms with Crippen LogP contribution in [0.4, 0.5) is 5.69 Å². The summed E-state index contributed by atoms with van der Waals surface area (Å²) in [6.45, 7) is 4.07. The molecule has 0 spiro atoms. The van der Waals surface area contributed by atoms with Crippen LogP contribution in [0.1, 0.15) is 44.6 Å². The van der Waals surface area contributed by atoms with E-state index in [4.69, 9.17) is 4.74 Å². The average molecular weight is 261 g/mol. The first-order valence-electron chi connectivity index (χ1n) is 7.01. The van der Waals surface area contributed by atoms with Crippen molar-refractivity contribution in [3.63, 3.8) is 0 Å². The number of anilines is 1. The third kappa shape index (κ3) is 3.09. The molecule has 0 unspecified atom stereocenters. The van der Waals surface area contributed by atoms with Gasteiger partial charge in [0.25, 0.3) is 0 Å². The zero-order valence-corrected chi connectivity index (χ0v) is 12.1. The lowest BCUT2D eigenvalue weighted by molar-refractivity contribution is -0.126. The number of amides is 1. The lowest BCUT2D eigenvalue weighted by atomic mass is 9.75. The second-order valence-corrected chi connectivity index (χ2v) is 5.76. The molecular weight excluding hydrogens is 238 g/mol. The van der Waals surface area contributed by atoms with E-state index in [2.05, 4.69) is 12.2 Å². The largest absolute Gasteiger partial charge is 0.497 e. The van der Waals surface area contributed by atoms with Gasteiger partial charge in [0, 0.05) is 11.1 Å². The molecule has 0 aromatic heterocycles. The first-order chi connectivity index (χ1) is 9.05. The highest BCUT2D eigenvalue weighted by Gasteiger charge is 2.34. The van der Waals surface area contributed by atoms with Crippen molar-refractivity contribution < 1.29 is 9.53 Å². The molecule has 1 fully saturated rings. The lowest BCUT2D eigenvalue weighted by Crippen LogP contribution is -2.35. The van der Waals surface area contributed by atoms with E-state index in [1.807, 2.05) is 25.1 Å². The Hall–Kier alpha value is -1.51. The number of carbonyl (C=O) groups excluding carboxylic acids is 1. The Morgan fingerprint density at radius 1 is 1.26 bits per heavy atom. The fourth-order valence-electron chi connectivity index (χ4n) is 2.74. The molecule has 3 heteroatoms. The van der Waals surface area contributed by atoms with Gasteiger partial charge in [-0.3, -0.25) is 4.79 Å². The summed E-state index contributed by atoms with van der Waals surface area (Å²) in [5.41, 5.74) is 1.72. The number of methoxy groups -OCH3 is 1. The van der Waals surface area contributed by atoms with Gasteiger partial charge in [-0.05, 0) is 43.5 Å². The van der Waals surface area contributed by atoms with E-state index in [9.17, 15) is 4.79 Å². The summed E-state index contributed by atoms with van der Waals surface area (Å²) in [5.74, 6) is 0.972. The Kier molecular flexibility index (Phi) is 4.13. The van der Waals surface area contributed by atoms with Crippen LogP contribution in [0.25, 0.3) is 0 Å². The van der Waals surface area contributed by atoms with E-state index in [1.165, 1.54) is 6.42 Å². The third-order valence-corrected chi connectivity index (χ3v) is 4.19.